The monoisotopic (exact) mass is 280 g/mol. The number of furan rings is 1. The summed E-state index contributed by atoms with van der Waals surface area (Å²) < 4.78 is 5.25. The summed E-state index contributed by atoms with van der Waals surface area (Å²) in [5.41, 5.74) is 0. The van der Waals surface area contributed by atoms with Gasteiger partial charge in [-0.15, -0.1) is 0 Å². The molecule has 1 aromatic rings. The maximum absolute atomic E-state index is 12.3. The largest absolute Gasteiger partial charge is 0.480 e. The van der Waals surface area contributed by atoms with Crippen molar-refractivity contribution in [2.24, 2.45) is 5.92 Å². The van der Waals surface area contributed by atoms with Crippen molar-refractivity contribution in [3.63, 3.8) is 0 Å². The molecule has 1 atom stereocenters. The average Bonchev–Trinajstić information content (AvgIpc) is 3.09. The van der Waals surface area contributed by atoms with Gasteiger partial charge in [0.15, 0.2) is 0 Å². The number of carbonyl (C=O) groups is 2. The minimum absolute atomic E-state index is 0.166. The van der Waals surface area contributed by atoms with E-state index < -0.39 is 12.0 Å². The molecule has 0 bridgehead atoms. The van der Waals surface area contributed by atoms with Crippen LogP contribution in [0.1, 0.15) is 32.4 Å². The molecular formula is C14H20N2O4. The summed E-state index contributed by atoms with van der Waals surface area (Å²) in [7, 11) is 0. The van der Waals surface area contributed by atoms with Crippen LogP contribution in [-0.2, 0) is 11.3 Å². The molecule has 2 rings (SSSR count). The highest BCUT2D eigenvalue weighted by atomic mass is 16.4. The fraction of sp³-hybridized carbons (Fsp3) is 0.571. The molecule has 20 heavy (non-hydrogen) atoms. The Morgan fingerprint density at radius 3 is 2.65 bits per heavy atom. The molecule has 1 aliphatic rings. The molecule has 0 saturated heterocycles. The van der Waals surface area contributed by atoms with Gasteiger partial charge in [-0.3, -0.25) is 0 Å². The fourth-order valence-corrected chi connectivity index (χ4v) is 2.05. The molecule has 6 heteroatoms. The molecule has 0 aromatic carbocycles. The molecule has 2 N–H and O–H groups in total. The van der Waals surface area contributed by atoms with Gasteiger partial charge in [-0.2, -0.15) is 0 Å². The van der Waals surface area contributed by atoms with Crippen LogP contribution in [0.2, 0.25) is 0 Å². The number of carboxylic acid groups (broad SMARTS) is 1. The highest BCUT2D eigenvalue weighted by Gasteiger charge is 2.35. The number of amides is 2. The molecule has 1 heterocycles. The van der Waals surface area contributed by atoms with Gasteiger partial charge in [0, 0.05) is 6.04 Å². The number of rotatable bonds is 6. The number of aliphatic carboxylic acids is 1. The van der Waals surface area contributed by atoms with E-state index in [-0.39, 0.29) is 18.0 Å². The van der Waals surface area contributed by atoms with Crippen LogP contribution in [0, 0.1) is 5.92 Å². The van der Waals surface area contributed by atoms with Crippen LogP contribution in [0.3, 0.4) is 0 Å². The number of carboxylic acids is 1. The number of nitrogens with one attached hydrogen (secondary N) is 1. The first-order valence-electron chi connectivity index (χ1n) is 6.81. The molecule has 1 aliphatic carbocycles. The molecule has 2 amide bonds. The van der Waals surface area contributed by atoms with Gasteiger partial charge in [0.1, 0.15) is 11.8 Å². The maximum Gasteiger partial charge on any atom is 0.326 e. The van der Waals surface area contributed by atoms with E-state index in [1.165, 1.54) is 0 Å². The summed E-state index contributed by atoms with van der Waals surface area (Å²) in [5, 5.41) is 11.7. The second kappa shape index (κ2) is 5.98. The van der Waals surface area contributed by atoms with Gasteiger partial charge in [-0.05, 0) is 30.9 Å². The first-order valence-corrected chi connectivity index (χ1v) is 6.81. The van der Waals surface area contributed by atoms with E-state index in [9.17, 15) is 9.59 Å². The standard InChI is InChI=1S/C14H20N2O4/c1-9(2)12(13(17)18)15-14(19)16(10-5-6-10)8-11-4-3-7-20-11/h3-4,7,9-10,12H,5-6,8H2,1-2H3,(H,15,19)(H,17,18)/t12-/m1/s1. The van der Waals surface area contributed by atoms with Crippen molar-refractivity contribution in [3.05, 3.63) is 24.2 Å². The normalized spacial score (nSPS) is 15.9. The lowest BCUT2D eigenvalue weighted by Crippen LogP contribution is -2.50. The van der Waals surface area contributed by atoms with Crippen molar-refractivity contribution in [3.8, 4) is 0 Å². The molecule has 0 aliphatic heterocycles. The topological polar surface area (TPSA) is 82.8 Å². The van der Waals surface area contributed by atoms with E-state index in [1.807, 2.05) is 0 Å². The lowest BCUT2D eigenvalue weighted by atomic mass is 10.1. The highest BCUT2D eigenvalue weighted by molar-refractivity contribution is 5.83. The zero-order valence-corrected chi connectivity index (χ0v) is 11.7. The molecular weight excluding hydrogens is 260 g/mol. The molecule has 1 fully saturated rings. The molecule has 1 saturated carbocycles. The third-order valence-electron chi connectivity index (χ3n) is 3.37. The molecule has 6 nitrogen and oxygen atoms in total. The average molecular weight is 280 g/mol. The Labute approximate surface area is 117 Å². The smallest absolute Gasteiger partial charge is 0.326 e. The third-order valence-corrected chi connectivity index (χ3v) is 3.37. The number of hydrogen-bond donors (Lipinski definition) is 2. The van der Waals surface area contributed by atoms with Crippen LogP contribution >= 0.6 is 0 Å². The molecule has 0 spiro atoms. The summed E-state index contributed by atoms with van der Waals surface area (Å²) in [4.78, 5) is 25.1. The second-order valence-electron chi connectivity index (χ2n) is 5.45. The van der Waals surface area contributed by atoms with E-state index in [0.29, 0.717) is 12.3 Å². The predicted molar refractivity (Wildman–Crippen MR) is 72.1 cm³/mol. The Hall–Kier alpha value is -1.98. The first kappa shape index (κ1) is 14.4. The molecule has 110 valence electrons. The zero-order chi connectivity index (χ0) is 14.7. The summed E-state index contributed by atoms with van der Waals surface area (Å²) >= 11 is 0. The first-order chi connectivity index (χ1) is 9.49. The van der Waals surface area contributed by atoms with Gasteiger partial charge in [0.25, 0.3) is 0 Å². The van der Waals surface area contributed by atoms with E-state index in [0.717, 1.165) is 12.8 Å². The van der Waals surface area contributed by atoms with Crippen LogP contribution in [0.4, 0.5) is 4.79 Å². The number of nitrogens with zero attached hydrogens (tertiary/aromatic N) is 1. The quantitative estimate of drug-likeness (QED) is 0.835. The predicted octanol–water partition coefficient (Wildman–Crippen LogP) is 2.06. The SMILES string of the molecule is CC(C)[C@@H](NC(=O)N(Cc1ccco1)C1CC1)C(=O)O. The Morgan fingerprint density at radius 2 is 2.20 bits per heavy atom. The van der Waals surface area contributed by atoms with Crippen LogP contribution in [0.5, 0.6) is 0 Å². The Bertz CT molecular complexity index is 466. The van der Waals surface area contributed by atoms with Gasteiger partial charge < -0.3 is 19.7 Å². The van der Waals surface area contributed by atoms with Crippen LogP contribution < -0.4 is 5.32 Å². The van der Waals surface area contributed by atoms with Gasteiger partial charge in [-0.1, -0.05) is 13.8 Å². The summed E-state index contributed by atoms with van der Waals surface area (Å²) in [6, 6.07) is 2.54. The fourth-order valence-electron chi connectivity index (χ4n) is 2.05. The molecule has 0 radical (unpaired) electrons. The van der Waals surface area contributed by atoms with Crippen molar-refractivity contribution >= 4 is 12.0 Å². The molecule has 0 unspecified atom stereocenters. The molecule has 1 aromatic heterocycles. The Balaban J connectivity index is 2.01. The van der Waals surface area contributed by atoms with Crippen molar-refractivity contribution < 1.29 is 19.1 Å². The van der Waals surface area contributed by atoms with E-state index in [4.69, 9.17) is 9.52 Å². The second-order valence-corrected chi connectivity index (χ2v) is 5.45. The zero-order valence-electron chi connectivity index (χ0n) is 11.7. The van der Waals surface area contributed by atoms with Crippen molar-refractivity contribution in [2.75, 3.05) is 0 Å². The van der Waals surface area contributed by atoms with Gasteiger partial charge >= 0.3 is 12.0 Å². The summed E-state index contributed by atoms with van der Waals surface area (Å²) in [6.45, 7) is 3.91. The van der Waals surface area contributed by atoms with Crippen molar-refractivity contribution in [1.29, 1.82) is 0 Å². The van der Waals surface area contributed by atoms with E-state index in [2.05, 4.69) is 5.32 Å². The number of urea groups is 1. The third kappa shape index (κ3) is 3.53. The van der Waals surface area contributed by atoms with Crippen LogP contribution in [-0.4, -0.2) is 34.1 Å². The van der Waals surface area contributed by atoms with Gasteiger partial charge in [0.05, 0.1) is 12.8 Å². The van der Waals surface area contributed by atoms with Crippen LogP contribution in [0.15, 0.2) is 22.8 Å². The maximum atomic E-state index is 12.3. The lowest BCUT2D eigenvalue weighted by Gasteiger charge is -2.25. The van der Waals surface area contributed by atoms with Gasteiger partial charge in [0.2, 0.25) is 0 Å². The van der Waals surface area contributed by atoms with Crippen molar-refractivity contribution in [1.82, 2.24) is 10.2 Å². The van der Waals surface area contributed by atoms with E-state index in [1.54, 1.807) is 37.1 Å². The highest BCUT2D eigenvalue weighted by Crippen LogP contribution is 2.28. The van der Waals surface area contributed by atoms with Gasteiger partial charge in [-0.25, -0.2) is 9.59 Å². The summed E-state index contributed by atoms with van der Waals surface area (Å²) in [6.07, 6.45) is 3.47. The number of carbonyl (C=O) groups excluding carboxylic acids is 1. The Kier molecular flexibility index (Phi) is 4.32. The van der Waals surface area contributed by atoms with Crippen molar-refractivity contribution in [2.45, 2.75) is 45.3 Å². The minimum atomic E-state index is -1.01. The number of hydrogen-bond acceptors (Lipinski definition) is 3. The Morgan fingerprint density at radius 1 is 1.50 bits per heavy atom. The minimum Gasteiger partial charge on any atom is -0.480 e. The summed E-state index contributed by atoms with van der Waals surface area (Å²) in [5.74, 6) is -0.480. The lowest BCUT2D eigenvalue weighted by molar-refractivity contribution is -0.140. The van der Waals surface area contributed by atoms with E-state index >= 15 is 0 Å². The van der Waals surface area contributed by atoms with Crippen LogP contribution in [0.25, 0.3) is 0 Å².